The lowest BCUT2D eigenvalue weighted by atomic mass is 10.0. The Hall–Kier alpha value is -5.01. The predicted octanol–water partition coefficient (Wildman–Crippen LogP) is 3.15. The number of hydrogen-bond acceptors (Lipinski definition) is 9. The highest BCUT2D eigenvalue weighted by Gasteiger charge is 2.41. The third kappa shape index (κ3) is 6.81. The van der Waals surface area contributed by atoms with Crippen molar-refractivity contribution in [2.45, 2.75) is 12.2 Å². The standard InChI is InChI=1S/C24H23F3N6O5/c1-36-16-9-6-13(11-18(16)37-2)20(22(34)33-32-19-5-3-4-10-30-19)31-14-7-8-15(21(28)29)17(12-14)38-23(35)24(25,26)27/h3-12,20,31H,1-2H3,(H3,28,29)(H,30,32)(H,33,34). The molecule has 1 atom stereocenters. The Morgan fingerprint density at radius 3 is 2.34 bits per heavy atom. The molecule has 0 fully saturated rings. The zero-order chi connectivity index (χ0) is 27.9. The van der Waals surface area contributed by atoms with E-state index in [1.165, 1.54) is 38.6 Å². The zero-order valence-electron chi connectivity index (χ0n) is 20.1. The van der Waals surface area contributed by atoms with Gasteiger partial charge in [-0.3, -0.25) is 21.1 Å². The Morgan fingerprint density at radius 2 is 1.74 bits per heavy atom. The van der Waals surface area contributed by atoms with Crippen molar-refractivity contribution in [3.8, 4) is 17.2 Å². The molecule has 200 valence electrons. The van der Waals surface area contributed by atoms with E-state index in [9.17, 15) is 22.8 Å². The highest BCUT2D eigenvalue weighted by molar-refractivity contribution is 5.99. The number of anilines is 2. The third-order valence-corrected chi connectivity index (χ3v) is 5.00. The molecule has 3 rings (SSSR count). The Morgan fingerprint density at radius 1 is 1.00 bits per heavy atom. The fraction of sp³-hybridized carbons (Fsp3) is 0.167. The number of pyridine rings is 1. The molecule has 1 amide bonds. The van der Waals surface area contributed by atoms with E-state index in [1.807, 2.05) is 0 Å². The monoisotopic (exact) mass is 532 g/mol. The van der Waals surface area contributed by atoms with Crippen LogP contribution in [0.5, 0.6) is 17.2 Å². The maximum Gasteiger partial charge on any atom is 0.491 e. The maximum atomic E-state index is 13.2. The number of amidine groups is 1. The van der Waals surface area contributed by atoms with Gasteiger partial charge in [0.15, 0.2) is 11.5 Å². The van der Waals surface area contributed by atoms with E-state index in [2.05, 4.69) is 25.9 Å². The quantitative estimate of drug-likeness (QED) is 0.0869. The van der Waals surface area contributed by atoms with Crippen LogP contribution in [-0.2, 0) is 9.59 Å². The van der Waals surface area contributed by atoms with Gasteiger partial charge in [0.1, 0.15) is 23.4 Å². The summed E-state index contributed by atoms with van der Waals surface area (Å²) in [7, 11) is 2.85. The molecule has 2 aromatic carbocycles. The van der Waals surface area contributed by atoms with Crippen LogP contribution in [0.2, 0.25) is 0 Å². The Balaban J connectivity index is 1.97. The second-order valence-corrected chi connectivity index (χ2v) is 7.53. The molecule has 0 saturated heterocycles. The average Bonchev–Trinajstić information content (AvgIpc) is 2.90. The molecular weight excluding hydrogens is 509 g/mol. The molecule has 1 aromatic heterocycles. The van der Waals surface area contributed by atoms with Crippen LogP contribution in [-0.4, -0.2) is 43.1 Å². The molecule has 1 heterocycles. The molecule has 0 radical (unpaired) electrons. The fourth-order valence-corrected chi connectivity index (χ4v) is 3.21. The summed E-state index contributed by atoms with van der Waals surface area (Å²) in [5.41, 5.74) is 10.8. The van der Waals surface area contributed by atoms with Gasteiger partial charge >= 0.3 is 12.1 Å². The molecule has 1 unspecified atom stereocenters. The first kappa shape index (κ1) is 27.6. The van der Waals surface area contributed by atoms with E-state index >= 15 is 0 Å². The molecule has 0 saturated carbocycles. The highest BCUT2D eigenvalue weighted by atomic mass is 19.4. The second-order valence-electron chi connectivity index (χ2n) is 7.53. The predicted molar refractivity (Wildman–Crippen MR) is 131 cm³/mol. The van der Waals surface area contributed by atoms with Crippen LogP contribution < -0.4 is 36.1 Å². The Bertz CT molecular complexity index is 1320. The smallest absolute Gasteiger partial charge is 0.491 e. The van der Waals surface area contributed by atoms with Crippen molar-refractivity contribution in [1.82, 2.24) is 10.4 Å². The van der Waals surface area contributed by atoms with Crippen molar-refractivity contribution >= 4 is 29.2 Å². The van der Waals surface area contributed by atoms with E-state index in [1.54, 1.807) is 30.3 Å². The van der Waals surface area contributed by atoms with E-state index < -0.39 is 35.7 Å². The van der Waals surface area contributed by atoms with Crippen LogP contribution in [0.4, 0.5) is 24.7 Å². The number of amides is 1. The number of hydrazine groups is 1. The van der Waals surface area contributed by atoms with E-state index in [4.69, 9.17) is 20.6 Å². The summed E-state index contributed by atoms with van der Waals surface area (Å²) in [4.78, 5) is 28.7. The highest BCUT2D eigenvalue weighted by Crippen LogP contribution is 2.33. The van der Waals surface area contributed by atoms with Crippen molar-refractivity contribution in [3.05, 3.63) is 71.9 Å². The lowest BCUT2D eigenvalue weighted by Crippen LogP contribution is -2.37. The Kier molecular flexibility index (Phi) is 8.57. The number of carbonyl (C=O) groups is 2. The first-order valence-electron chi connectivity index (χ1n) is 10.8. The third-order valence-electron chi connectivity index (χ3n) is 5.00. The topological polar surface area (TPSA) is 161 Å². The molecule has 38 heavy (non-hydrogen) atoms. The summed E-state index contributed by atoms with van der Waals surface area (Å²) in [5.74, 6) is -3.31. The first-order valence-corrected chi connectivity index (χ1v) is 10.8. The molecule has 6 N–H and O–H groups in total. The number of hydrogen-bond donors (Lipinski definition) is 5. The minimum Gasteiger partial charge on any atom is -0.493 e. The molecule has 14 heteroatoms. The number of carbonyl (C=O) groups excluding carboxylic acids is 2. The van der Waals surface area contributed by atoms with Gasteiger partial charge in [-0.1, -0.05) is 12.1 Å². The van der Waals surface area contributed by atoms with Gasteiger partial charge in [0.25, 0.3) is 5.91 Å². The number of methoxy groups -OCH3 is 2. The number of alkyl halides is 3. The van der Waals surface area contributed by atoms with Crippen molar-refractivity contribution in [1.29, 1.82) is 5.41 Å². The lowest BCUT2D eigenvalue weighted by molar-refractivity contribution is -0.189. The largest absolute Gasteiger partial charge is 0.493 e. The zero-order valence-corrected chi connectivity index (χ0v) is 20.1. The number of esters is 1. The lowest BCUT2D eigenvalue weighted by Gasteiger charge is -2.22. The minimum absolute atomic E-state index is 0.0766. The maximum absolute atomic E-state index is 13.2. The van der Waals surface area contributed by atoms with Gasteiger partial charge in [-0.05, 0) is 42.0 Å². The van der Waals surface area contributed by atoms with Crippen molar-refractivity contribution in [2.75, 3.05) is 25.0 Å². The van der Waals surface area contributed by atoms with Crippen LogP contribution in [0.1, 0.15) is 17.2 Å². The number of nitrogen functional groups attached to an aromatic ring is 1. The molecular formula is C24H23F3N6O5. The average molecular weight is 532 g/mol. The SMILES string of the molecule is COc1ccc(C(Nc2ccc(C(=N)N)c(OC(=O)C(F)(F)F)c2)C(=O)NNc2ccccn2)cc1OC. The van der Waals surface area contributed by atoms with Gasteiger partial charge < -0.3 is 25.3 Å². The van der Waals surface area contributed by atoms with Crippen molar-refractivity contribution in [2.24, 2.45) is 5.73 Å². The van der Waals surface area contributed by atoms with E-state index in [0.29, 0.717) is 22.9 Å². The molecule has 11 nitrogen and oxygen atoms in total. The van der Waals surface area contributed by atoms with Crippen LogP contribution in [0, 0.1) is 5.41 Å². The molecule has 3 aromatic rings. The van der Waals surface area contributed by atoms with Gasteiger partial charge in [0.05, 0.1) is 19.8 Å². The normalized spacial score (nSPS) is 11.6. The van der Waals surface area contributed by atoms with Gasteiger partial charge in [-0.15, -0.1) is 0 Å². The van der Waals surface area contributed by atoms with Crippen molar-refractivity contribution < 1.29 is 37.0 Å². The molecule has 0 spiro atoms. The summed E-state index contributed by atoms with van der Waals surface area (Å²) in [6.45, 7) is 0. The number of nitrogens with zero attached hydrogens (tertiary/aromatic N) is 1. The summed E-state index contributed by atoms with van der Waals surface area (Å²) in [5, 5.41) is 10.5. The summed E-state index contributed by atoms with van der Waals surface area (Å²) < 4.78 is 53.4. The molecule has 0 aliphatic carbocycles. The van der Waals surface area contributed by atoms with Crippen molar-refractivity contribution in [3.63, 3.8) is 0 Å². The van der Waals surface area contributed by atoms with Gasteiger partial charge in [0, 0.05) is 18.0 Å². The van der Waals surface area contributed by atoms with Gasteiger partial charge in [0.2, 0.25) is 0 Å². The fourth-order valence-electron chi connectivity index (χ4n) is 3.21. The summed E-state index contributed by atoms with van der Waals surface area (Å²) in [6, 6.07) is 12.1. The molecule has 0 aliphatic rings. The number of nitrogens with two attached hydrogens (primary N) is 1. The van der Waals surface area contributed by atoms with Crippen LogP contribution >= 0.6 is 0 Å². The molecule has 0 bridgehead atoms. The van der Waals surface area contributed by atoms with E-state index in [-0.39, 0.29) is 11.3 Å². The Labute approximate surface area is 214 Å². The minimum atomic E-state index is -5.28. The van der Waals surface area contributed by atoms with Crippen LogP contribution in [0.3, 0.4) is 0 Å². The molecule has 0 aliphatic heterocycles. The van der Waals surface area contributed by atoms with Crippen LogP contribution in [0.25, 0.3) is 0 Å². The summed E-state index contributed by atoms with van der Waals surface area (Å²) >= 11 is 0. The number of nitrogens with one attached hydrogen (secondary N) is 4. The van der Waals surface area contributed by atoms with Gasteiger partial charge in [-0.25, -0.2) is 9.78 Å². The van der Waals surface area contributed by atoms with E-state index in [0.717, 1.165) is 6.07 Å². The number of benzene rings is 2. The van der Waals surface area contributed by atoms with Crippen LogP contribution in [0.15, 0.2) is 60.8 Å². The number of aromatic nitrogens is 1. The van der Waals surface area contributed by atoms with Gasteiger partial charge in [-0.2, -0.15) is 13.2 Å². The second kappa shape index (κ2) is 11.8. The first-order chi connectivity index (χ1) is 18.0. The number of halogens is 3. The summed E-state index contributed by atoms with van der Waals surface area (Å²) in [6.07, 6.45) is -3.77. The number of rotatable bonds is 10. The number of ether oxygens (including phenoxy) is 3.